The quantitative estimate of drug-likeness (QED) is 0.0951. The monoisotopic (exact) mass is 544 g/mol. The summed E-state index contributed by atoms with van der Waals surface area (Å²) in [5, 5.41) is 8.52. The van der Waals surface area contributed by atoms with Crippen molar-refractivity contribution in [3.8, 4) is 0 Å². The Bertz CT molecular complexity index is 1050. The van der Waals surface area contributed by atoms with Crippen LogP contribution in [0, 0.1) is 11.8 Å². The zero-order valence-electron chi connectivity index (χ0n) is 22.6. The van der Waals surface area contributed by atoms with Crippen LogP contribution < -0.4 is 10.6 Å². The summed E-state index contributed by atoms with van der Waals surface area (Å²) in [5.74, 6) is -1.04. The number of aromatic nitrogens is 2. The van der Waals surface area contributed by atoms with Gasteiger partial charge in [-0.15, -0.1) is 0 Å². The third kappa shape index (κ3) is 11.4. The lowest BCUT2D eigenvalue weighted by Crippen LogP contribution is -2.48. The standard InChI is InChI=1S/C27H37F5N4O2/c1-7-8-10-20(16-33-25(28)29)14-19(4)24(38)34-26(5,6)17-36-22(15-23(35-36)27(30,31)32)21(11-9-12-37)13-18(2)3/h8-13,15-16,18-19,25,33H,7,14,17H2,1-6H3,(H,34,38)/b10-8+,11-9-,20-16+,21-13?. The van der Waals surface area contributed by atoms with E-state index in [4.69, 9.17) is 0 Å². The molecule has 1 rings (SSSR count). The van der Waals surface area contributed by atoms with Gasteiger partial charge in [-0.3, -0.25) is 14.3 Å². The second kappa shape index (κ2) is 14.6. The molecule has 38 heavy (non-hydrogen) atoms. The van der Waals surface area contributed by atoms with E-state index in [-0.39, 0.29) is 24.6 Å². The minimum absolute atomic E-state index is 0.0314. The van der Waals surface area contributed by atoms with Crippen molar-refractivity contribution in [1.29, 1.82) is 0 Å². The number of hydrogen-bond acceptors (Lipinski definition) is 4. The molecule has 0 spiro atoms. The molecule has 0 saturated heterocycles. The minimum atomic E-state index is -4.69. The van der Waals surface area contributed by atoms with E-state index in [1.165, 1.54) is 16.8 Å². The Morgan fingerprint density at radius 1 is 1.16 bits per heavy atom. The van der Waals surface area contributed by atoms with Crippen molar-refractivity contribution in [2.45, 2.75) is 79.2 Å². The molecule has 0 aromatic carbocycles. The second-order valence-electron chi connectivity index (χ2n) is 9.91. The highest BCUT2D eigenvalue weighted by Gasteiger charge is 2.36. The SMILES string of the molecule is CC/C=C/C(=C\NC(F)F)CC(C)C(=O)NC(C)(C)Cn1nc(C(F)(F)F)cc1C(=CC(C)C)/C=C\C=O. The minimum Gasteiger partial charge on any atom is -0.349 e. The molecule has 0 aliphatic rings. The molecule has 1 aromatic rings. The summed E-state index contributed by atoms with van der Waals surface area (Å²) in [6, 6.07) is 0.914. The van der Waals surface area contributed by atoms with Gasteiger partial charge >= 0.3 is 12.7 Å². The fourth-order valence-corrected chi connectivity index (χ4v) is 3.57. The first kappa shape index (κ1) is 32.8. The first-order valence-electron chi connectivity index (χ1n) is 12.3. The average molecular weight is 545 g/mol. The van der Waals surface area contributed by atoms with Crippen LogP contribution in [0.2, 0.25) is 0 Å². The summed E-state index contributed by atoms with van der Waals surface area (Å²) < 4.78 is 66.9. The van der Waals surface area contributed by atoms with E-state index >= 15 is 0 Å². The number of halogens is 5. The molecule has 11 heteroatoms. The first-order valence-corrected chi connectivity index (χ1v) is 12.3. The fraction of sp³-hybridized carbons (Fsp3) is 0.519. The summed E-state index contributed by atoms with van der Waals surface area (Å²) in [7, 11) is 0. The third-order valence-corrected chi connectivity index (χ3v) is 5.19. The molecule has 1 heterocycles. The maximum absolute atomic E-state index is 13.5. The Balaban J connectivity index is 3.24. The van der Waals surface area contributed by atoms with Crippen molar-refractivity contribution in [2.24, 2.45) is 11.8 Å². The van der Waals surface area contributed by atoms with Crippen LogP contribution in [0.3, 0.4) is 0 Å². The number of carbonyl (C=O) groups is 2. The number of amides is 1. The summed E-state index contributed by atoms with van der Waals surface area (Å²) in [6.07, 6.45) is 5.61. The second-order valence-corrected chi connectivity index (χ2v) is 9.91. The van der Waals surface area contributed by atoms with Gasteiger partial charge in [-0.05, 0) is 62.0 Å². The highest BCUT2D eigenvalue weighted by molar-refractivity contribution is 5.80. The van der Waals surface area contributed by atoms with Crippen molar-refractivity contribution in [3.63, 3.8) is 0 Å². The van der Waals surface area contributed by atoms with E-state index < -0.39 is 35.8 Å². The van der Waals surface area contributed by atoms with E-state index in [1.807, 2.05) is 26.1 Å². The molecule has 6 nitrogen and oxygen atoms in total. The smallest absolute Gasteiger partial charge is 0.349 e. The summed E-state index contributed by atoms with van der Waals surface area (Å²) >= 11 is 0. The summed E-state index contributed by atoms with van der Waals surface area (Å²) in [6.45, 7) is 7.66. The van der Waals surface area contributed by atoms with Crippen LogP contribution in [-0.4, -0.2) is 34.1 Å². The molecule has 0 aliphatic heterocycles. The molecular formula is C27H37F5N4O2. The van der Waals surface area contributed by atoms with E-state index in [1.54, 1.807) is 39.0 Å². The van der Waals surface area contributed by atoms with Crippen molar-refractivity contribution in [2.75, 3.05) is 0 Å². The Morgan fingerprint density at radius 2 is 1.82 bits per heavy atom. The van der Waals surface area contributed by atoms with Crippen LogP contribution in [0.5, 0.6) is 0 Å². The van der Waals surface area contributed by atoms with Crippen LogP contribution in [0.4, 0.5) is 22.0 Å². The third-order valence-electron chi connectivity index (χ3n) is 5.19. The van der Waals surface area contributed by atoms with Crippen LogP contribution >= 0.6 is 0 Å². The van der Waals surface area contributed by atoms with Gasteiger partial charge in [0.25, 0.3) is 0 Å². The highest BCUT2D eigenvalue weighted by Crippen LogP contribution is 2.32. The predicted octanol–water partition coefficient (Wildman–Crippen LogP) is 6.28. The van der Waals surface area contributed by atoms with Gasteiger partial charge in [0.15, 0.2) is 5.69 Å². The molecular weight excluding hydrogens is 507 g/mol. The maximum Gasteiger partial charge on any atom is 0.435 e. The van der Waals surface area contributed by atoms with Crippen molar-refractivity contribution < 1.29 is 31.5 Å². The molecule has 1 unspecified atom stereocenters. The Labute approximate surface area is 220 Å². The van der Waals surface area contributed by atoms with E-state index in [0.29, 0.717) is 23.9 Å². The molecule has 1 atom stereocenters. The fourth-order valence-electron chi connectivity index (χ4n) is 3.57. The van der Waals surface area contributed by atoms with E-state index in [0.717, 1.165) is 12.3 Å². The molecule has 0 fully saturated rings. The molecule has 2 N–H and O–H groups in total. The van der Waals surface area contributed by atoms with Gasteiger partial charge < -0.3 is 10.6 Å². The molecule has 0 saturated carbocycles. The summed E-state index contributed by atoms with van der Waals surface area (Å²) in [4.78, 5) is 23.8. The van der Waals surface area contributed by atoms with Gasteiger partial charge in [0.05, 0.1) is 17.8 Å². The van der Waals surface area contributed by atoms with E-state index in [9.17, 15) is 31.5 Å². The van der Waals surface area contributed by atoms with Gasteiger partial charge in [0, 0.05) is 12.1 Å². The van der Waals surface area contributed by atoms with Gasteiger partial charge in [0.2, 0.25) is 5.91 Å². The number of hydrogen-bond donors (Lipinski definition) is 2. The topological polar surface area (TPSA) is 76.0 Å². The van der Waals surface area contributed by atoms with Gasteiger partial charge in [0.1, 0.15) is 6.29 Å². The maximum atomic E-state index is 13.5. The van der Waals surface area contributed by atoms with Gasteiger partial charge in [-0.2, -0.15) is 27.1 Å². The van der Waals surface area contributed by atoms with Gasteiger partial charge in [-0.1, -0.05) is 45.9 Å². The number of aldehydes is 1. The van der Waals surface area contributed by atoms with Crippen molar-refractivity contribution >= 4 is 17.8 Å². The lowest BCUT2D eigenvalue weighted by molar-refractivity contribution is -0.141. The lowest BCUT2D eigenvalue weighted by atomic mass is 9.97. The number of allylic oxidation sites excluding steroid dienone is 7. The van der Waals surface area contributed by atoms with E-state index in [2.05, 4.69) is 10.4 Å². The number of nitrogens with zero attached hydrogens (tertiary/aromatic N) is 2. The van der Waals surface area contributed by atoms with Gasteiger partial charge in [-0.25, -0.2) is 0 Å². The molecule has 1 aromatic heterocycles. The zero-order valence-corrected chi connectivity index (χ0v) is 22.6. The number of alkyl halides is 5. The normalized spacial score (nSPS) is 14.7. The lowest BCUT2D eigenvalue weighted by Gasteiger charge is -2.29. The van der Waals surface area contributed by atoms with Crippen molar-refractivity contribution in [1.82, 2.24) is 20.4 Å². The average Bonchev–Trinajstić information content (AvgIpc) is 3.21. The Kier molecular flexibility index (Phi) is 12.6. The summed E-state index contributed by atoms with van der Waals surface area (Å²) in [5.41, 5.74) is -1.10. The predicted molar refractivity (Wildman–Crippen MR) is 138 cm³/mol. The number of rotatable bonds is 14. The first-order chi connectivity index (χ1) is 17.6. The largest absolute Gasteiger partial charge is 0.435 e. The Morgan fingerprint density at radius 3 is 2.34 bits per heavy atom. The number of nitrogens with one attached hydrogen (secondary N) is 2. The van der Waals surface area contributed by atoms with Crippen LogP contribution in [-0.2, 0) is 22.3 Å². The molecule has 0 radical (unpaired) electrons. The molecule has 0 aliphatic carbocycles. The number of carbonyl (C=O) groups excluding carboxylic acids is 2. The molecule has 1 amide bonds. The van der Waals surface area contributed by atoms with Crippen molar-refractivity contribution in [3.05, 3.63) is 59.6 Å². The van der Waals surface area contributed by atoms with Crippen LogP contribution in [0.25, 0.3) is 5.57 Å². The van der Waals surface area contributed by atoms with Crippen LogP contribution in [0.15, 0.2) is 48.2 Å². The zero-order chi connectivity index (χ0) is 29.1. The molecule has 0 bridgehead atoms. The molecule has 212 valence electrons. The Hall–Kier alpha value is -3.24. The highest BCUT2D eigenvalue weighted by atomic mass is 19.4. The van der Waals surface area contributed by atoms with Crippen LogP contribution in [0.1, 0.15) is 65.8 Å².